The summed E-state index contributed by atoms with van der Waals surface area (Å²) < 4.78 is 0.941. The molecule has 0 unspecified atom stereocenters. The van der Waals surface area contributed by atoms with E-state index in [2.05, 4.69) is 37.6 Å². The van der Waals surface area contributed by atoms with Crippen molar-refractivity contribution in [3.05, 3.63) is 28.5 Å². The molecule has 1 aliphatic rings. The average molecular weight is 279 g/mol. The number of piperazine rings is 1. The number of hydrogen-bond donors (Lipinski definition) is 2. The summed E-state index contributed by atoms with van der Waals surface area (Å²) in [4.78, 5) is 4.20. The zero-order valence-corrected chi connectivity index (χ0v) is 10.1. The molecule has 0 spiro atoms. The Morgan fingerprint density at radius 1 is 1.43 bits per heavy atom. The van der Waals surface area contributed by atoms with Crippen LogP contribution in [0.3, 0.4) is 0 Å². The van der Waals surface area contributed by atoms with Crippen LogP contribution in [0.4, 0.5) is 0 Å². The van der Waals surface area contributed by atoms with Gasteiger partial charge in [-0.1, -0.05) is 6.07 Å². The Balaban J connectivity index is 0.000000980. The number of nitrogens with one attached hydrogen (secondary N) is 2. The van der Waals surface area contributed by atoms with Crippen LogP contribution in [-0.4, -0.2) is 24.6 Å². The zero-order valence-electron chi connectivity index (χ0n) is 7.66. The molecule has 1 fully saturated rings. The summed E-state index contributed by atoms with van der Waals surface area (Å²) >= 11 is 3.45. The van der Waals surface area contributed by atoms with Crippen LogP contribution in [-0.2, 0) is 0 Å². The molecule has 14 heavy (non-hydrogen) atoms. The Kier molecular flexibility index (Phi) is 4.81. The molecule has 0 radical (unpaired) electrons. The van der Waals surface area contributed by atoms with E-state index in [1.165, 1.54) is 5.56 Å². The predicted molar refractivity (Wildman–Crippen MR) is 62.8 cm³/mol. The first-order chi connectivity index (χ1) is 6.38. The Bertz CT molecular complexity index is 289. The van der Waals surface area contributed by atoms with Crippen molar-refractivity contribution in [3.8, 4) is 0 Å². The number of halogens is 2. The Labute approximate surface area is 98.2 Å². The van der Waals surface area contributed by atoms with Crippen molar-refractivity contribution in [1.82, 2.24) is 15.6 Å². The van der Waals surface area contributed by atoms with Crippen molar-refractivity contribution in [3.63, 3.8) is 0 Å². The summed E-state index contributed by atoms with van der Waals surface area (Å²) in [6, 6.07) is 4.45. The quantitative estimate of drug-likeness (QED) is 0.765. The topological polar surface area (TPSA) is 37.0 Å². The second kappa shape index (κ2) is 5.66. The molecule has 0 amide bonds. The molecular weight excluding hydrogens is 265 g/mol. The predicted octanol–water partition coefficient (Wildman–Crippen LogP) is 1.50. The van der Waals surface area contributed by atoms with E-state index in [-0.39, 0.29) is 12.4 Å². The third-order valence-electron chi connectivity index (χ3n) is 2.20. The number of pyridine rings is 1. The first-order valence-corrected chi connectivity index (χ1v) is 5.22. The summed E-state index contributed by atoms with van der Waals surface area (Å²) in [5.74, 6) is 0. The zero-order chi connectivity index (χ0) is 9.10. The molecule has 0 bridgehead atoms. The van der Waals surface area contributed by atoms with Crippen LogP contribution in [0.5, 0.6) is 0 Å². The lowest BCUT2D eigenvalue weighted by molar-refractivity contribution is 0.428. The molecule has 78 valence electrons. The summed E-state index contributed by atoms with van der Waals surface area (Å²) in [6.07, 6.45) is 1.80. The van der Waals surface area contributed by atoms with Gasteiger partial charge in [-0.2, -0.15) is 0 Å². The van der Waals surface area contributed by atoms with Gasteiger partial charge in [-0.3, -0.25) is 0 Å². The van der Waals surface area contributed by atoms with E-state index < -0.39 is 0 Å². The molecule has 2 N–H and O–H groups in total. The fourth-order valence-corrected chi connectivity index (χ4v) is 2.06. The van der Waals surface area contributed by atoms with Crippen LogP contribution in [0.2, 0.25) is 0 Å². The van der Waals surface area contributed by atoms with Gasteiger partial charge in [0.15, 0.2) is 0 Å². The minimum Gasteiger partial charge on any atom is -0.314 e. The molecule has 0 aliphatic carbocycles. The van der Waals surface area contributed by atoms with E-state index in [0.717, 1.165) is 24.2 Å². The van der Waals surface area contributed by atoms with Gasteiger partial charge in [0.1, 0.15) is 4.60 Å². The third-order valence-corrected chi connectivity index (χ3v) is 2.87. The van der Waals surface area contributed by atoms with E-state index in [9.17, 15) is 0 Å². The maximum atomic E-state index is 4.20. The minimum absolute atomic E-state index is 0. The maximum absolute atomic E-state index is 4.20. The molecule has 2 rings (SSSR count). The lowest BCUT2D eigenvalue weighted by Crippen LogP contribution is -2.42. The Morgan fingerprint density at radius 3 is 2.93 bits per heavy atom. The van der Waals surface area contributed by atoms with Crippen molar-refractivity contribution < 1.29 is 0 Å². The number of nitrogens with zero attached hydrogens (tertiary/aromatic N) is 1. The van der Waals surface area contributed by atoms with Gasteiger partial charge < -0.3 is 10.6 Å². The second-order valence-electron chi connectivity index (χ2n) is 3.09. The highest BCUT2D eigenvalue weighted by molar-refractivity contribution is 9.10. The number of hydrogen-bond acceptors (Lipinski definition) is 3. The highest BCUT2D eigenvalue weighted by Gasteiger charge is 2.16. The van der Waals surface area contributed by atoms with Crippen molar-refractivity contribution >= 4 is 28.3 Å². The molecule has 1 aliphatic heterocycles. The van der Waals surface area contributed by atoms with Crippen molar-refractivity contribution in [2.45, 2.75) is 6.04 Å². The monoisotopic (exact) mass is 277 g/mol. The first-order valence-electron chi connectivity index (χ1n) is 4.42. The lowest BCUT2D eigenvalue weighted by Gasteiger charge is -2.25. The lowest BCUT2D eigenvalue weighted by atomic mass is 10.1. The molecule has 0 aromatic carbocycles. The molecule has 5 heteroatoms. The summed E-state index contributed by atoms with van der Waals surface area (Å²) in [7, 11) is 0. The van der Waals surface area contributed by atoms with Gasteiger partial charge in [0.25, 0.3) is 0 Å². The van der Waals surface area contributed by atoms with E-state index in [1.807, 2.05) is 6.07 Å². The largest absolute Gasteiger partial charge is 0.314 e. The van der Waals surface area contributed by atoms with Crippen LogP contribution >= 0.6 is 28.3 Å². The van der Waals surface area contributed by atoms with Crippen LogP contribution in [0.1, 0.15) is 11.6 Å². The molecule has 3 nitrogen and oxygen atoms in total. The minimum atomic E-state index is 0. The van der Waals surface area contributed by atoms with Crippen LogP contribution in [0, 0.1) is 0 Å². The molecule has 1 aromatic rings. The average Bonchev–Trinajstić information content (AvgIpc) is 2.20. The maximum Gasteiger partial charge on any atom is 0.110 e. The summed E-state index contributed by atoms with van der Waals surface area (Å²) in [5, 5.41) is 6.79. The smallest absolute Gasteiger partial charge is 0.110 e. The molecule has 2 heterocycles. The fraction of sp³-hybridized carbons (Fsp3) is 0.444. The van der Waals surface area contributed by atoms with Gasteiger partial charge in [-0.25, -0.2) is 4.98 Å². The van der Waals surface area contributed by atoms with Crippen molar-refractivity contribution in [2.24, 2.45) is 0 Å². The SMILES string of the molecule is Brc1ncccc1[C@@H]1CNCCN1.Cl. The van der Waals surface area contributed by atoms with E-state index in [4.69, 9.17) is 0 Å². The fourth-order valence-electron chi connectivity index (χ4n) is 1.53. The normalized spacial score (nSPS) is 21.4. The third kappa shape index (κ3) is 2.67. The van der Waals surface area contributed by atoms with Crippen LogP contribution in [0.25, 0.3) is 0 Å². The van der Waals surface area contributed by atoms with Gasteiger partial charge >= 0.3 is 0 Å². The Hall–Kier alpha value is -0.160. The second-order valence-corrected chi connectivity index (χ2v) is 3.85. The highest BCUT2D eigenvalue weighted by Crippen LogP contribution is 2.20. The van der Waals surface area contributed by atoms with Gasteiger partial charge in [0.05, 0.1) is 0 Å². The standard InChI is InChI=1S/C9H12BrN3.ClH/c10-9-7(2-1-3-13-9)8-6-11-4-5-12-8;/h1-3,8,11-12H,4-6H2;1H/t8-;/m0./s1. The number of aromatic nitrogens is 1. The summed E-state index contributed by atoms with van der Waals surface area (Å²) in [6.45, 7) is 3.05. The van der Waals surface area contributed by atoms with E-state index in [0.29, 0.717) is 6.04 Å². The van der Waals surface area contributed by atoms with Gasteiger partial charge in [-0.05, 0) is 22.0 Å². The van der Waals surface area contributed by atoms with Gasteiger partial charge in [0.2, 0.25) is 0 Å². The van der Waals surface area contributed by atoms with Crippen LogP contribution in [0.15, 0.2) is 22.9 Å². The summed E-state index contributed by atoms with van der Waals surface area (Å²) in [5.41, 5.74) is 1.23. The van der Waals surface area contributed by atoms with Gasteiger partial charge in [-0.15, -0.1) is 12.4 Å². The number of rotatable bonds is 1. The molecule has 1 aromatic heterocycles. The highest BCUT2D eigenvalue weighted by atomic mass is 79.9. The van der Waals surface area contributed by atoms with E-state index in [1.54, 1.807) is 6.20 Å². The molecule has 1 saturated heterocycles. The molecule has 0 saturated carbocycles. The van der Waals surface area contributed by atoms with Crippen molar-refractivity contribution in [1.29, 1.82) is 0 Å². The van der Waals surface area contributed by atoms with E-state index >= 15 is 0 Å². The Morgan fingerprint density at radius 2 is 2.29 bits per heavy atom. The molecular formula is C9H13BrClN3. The van der Waals surface area contributed by atoms with Crippen LogP contribution < -0.4 is 10.6 Å². The first kappa shape index (κ1) is 11.9. The molecule has 1 atom stereocenters. The van der Waals surface area contributed by atoms with Crippen molar-refractivity contribution in [2.75, 3.05) is 19.6 Å². The van der Waals surface area contributed by atoms with Gasteiger partial charge in [0, 0.05) is 37.4 Å².